The summed E-state index contributed by atoms with van der Waals surface area (Å²) in [6.45, 7) is 5.87. The molecule has 0 bridgehead atoms. The van der Waals surface area contributed by atoms with Crippen LogP contribution in [0.5, 0.6) is 0 Å². The molecule has 1 aromatic heterocycles. The summed E-state index contributed by atoms with van der Waals surface area (Å²) < 4.78 is 0. The van der Waals surface area contributed by atoms with Crippen LogP contribution >= 0.6 is 12.2 Å². The van der Waals surface area contributed by atoms with Crippen molar-refractivity contribution in [3.8, 4) is 0 Å². The van der Waals surface area contributed by atoms with Gasteiger partial charge in [0.05, 0.1) is 6.04 Å². The monoisotopic (exact) mass is 326 g/mol. The van der Waals surface area contributed by atoms with E-state index < -0.39 is 0 Å². The Kier molecular flexibility index (Phi) is 5.08. The molecule has 5 heteroatoms. The largest absolute Gasteiger partial charge is 0.356 e. The Hall–Kier alpha value is -2.14. The van der Waals surface area contributed by atoms with E-state index >= 15 is 0 Å². The molecule has 4 nitrogen and oxygen atoms in total. The predicted octanol–water partition coefficient (Wildman–Crippen LogP) is 2.84. The highest BCUT2D eigenvalue weighted by Crippen LogP contribution is 2.15. The molecule has 1 aromatic carbocycles. The number of anilines is 1. The van der Waals surface area contributed by atoms with Gasteiger partial charge in [-0.25, -0.2) is 4.98 Å². The van der Waals surface area contributed by atoms with E-state index in [0.717, 1.165) is 37.1 Å². The highest BCUT2D eigenvalue weighted by molar-refractivity contribution is 7.80. The van der Waals surface area contributed by atoms with Crippen LogP contribution in [-0.4, -0.2) is 41.2 Å². The van der Waals surface area contributed by atoms with Crippen LogP contribution in [0, 0.1) is 0 Å². The standard InChI is InChI=1S/C18H22N4S/c1-15(16-7-3-2-4-8-16)20-18(23)22-13-11-21(12-14-22)17-9-5-6-10-19-17/h2-10,15H,11-14H2,1H3,(H,20,23). The second kappa shape index (κ2) is 7.42. The van der Waals surface area contributed by atoms with Gasteiger partial charge in [0.15, 0.2) is 5.11 Å². The number of thiocarbonyl (C=S) groups is 1. The lowest BCUT2D eigenvalue weighted by Gasteiger charge is -2.37. The molecule has 2 heterocycles. The van der Waals surface area contributed by atoms with Gasteiger partial charge in [0, 0.05) is 32.4 Å². The van der Waals surface area contributed by atoms with Crippen LogP contribution in [-0.2, 0) is 0 Å². The van der Waals surface area contributed by atoms with Crippen LogP contribution < -0.4 is 10.2 Å². The molecule has 120 valence electrons. The van der Waals surface area contributed by atoms with Crippen LogP contribution in [0.4, 0.5) is 5.82 Å². The van der Waals surface area contributed by atoms with Crippen LogP contribution in [0.3, 0.4) is 0 Å². The first-order chi connectivity index (χ1) is 11.2. The van der Waals surface area contributed by atoms with Gasteiger partial charge in [-0.1, -0.05) is 36.4 Å². The van der Waals surface area contributed by atoms with Gasteiger partial charge in [0.2, 0.25) is 0 Å². The van der Waals surface area contributed by atoms with E-state index in [2.05, 4.69) is 57.4 Å². The van der Waals surface area contributed by atoms with Crippen molar-refractivity contribution in [2.45, 2.75) is 13.0 Å². The maximum Gasteiger partial charge on any atom is 0.169 e. The molecule has 2 aromatic rings. The maximum atomic E-state index is 5.59. The lowest BCUT2D eigenvalue weighted by Crippen LogP contribution is -2.52. The molecule has 1 aliphatic heterocycles. The zero-order valence-corrected chi connectivity index (χ0v) is 14.2. The van der Waals surface area contributed by atoms with Crippen molar-refractivity contribution in [1.82, 2.24) is 15.2 Å². The van der Waals surface area contributed by atoms with Crippen molar-refractivity contribution in [3.05, 3.63) is 60.3 Å². The summed E-state index contributed by atoms with van der Waals surface area (Å²) in [7, 11) is 0. The number of rotatable bonds is 3. The summed E-state index contributed by atoms with van der Waals surface area (Å²) in [5, 5.41) is 4.28. The molecule has 1 aliphatic rings. The first kappa shape index (κ1) is 15.7. The van der Waals surface area contributed by atoms with Crippen molar-refractivity contribution in [2.24, 2.45) is 0 Å². The minimum atomic E-state index is 0.220. The van der Waals surface area contributed by atoms with Gasteiger partial charge in [-0.05, 0) is 36.8 Å². The Labute approximate surface area is 143 Å². The first-order valence-electron chi connectivity index (χ1n) is 8.00. The van der Waals surface area contributed by atoms with E-state index in [-0.39, 0.29) is 6.04 Å². The average Bonchev–Trinajstić information content (AvgIpc) is 2.63. The smallest absolute Gasteiger partial charge is 0.169 e. The fourth-order valence-electron chi connectivity index (χ4n) is 2.78. The fourth-order valence-corrected chi connectivity index (χ4v) is 3.14. The van der Waals surface area contributed by atoms with E-state index in [9.17, 15) is 0 Å². The van der Waals surface area contributed by atoms with Crippen molar-refractivity contribution < 1.29 is 0 Å². The SMILES string of the molecule is CC(NC(=S)N1CCN(c2ccccn2)CC1)c1ccccc1. The Morgan fingerprint density at radius 1 is 1.04 bits per heavy atom. The second-order valence-electron chi connectivity index (χ2n) is 5.74. The first-order valence-corrected chi connectivity index (χ1v) is 8.41. The average molecular weight is 326 g/mol. The molecular formula is C18H22N4S. The molecule has 23 heavy (non-hydrogen) atoms. The van der Waals surface area contributed by atoms with E-state index in [4.69, 9.17) is 12.2 Å². The van der Waals surface area contributed by atoms with Crippen molar-refractivity contribution in [2.75, 3.05) is 31.1 Å². The minimum absolute atomic E-state index is 0.220. The van der Waals surface area contributed by atoms with Crippen molar-refractivity contribution in [3.63, 3.8) is 0 Å². The number of piperazine rings is 1. The van der Waals surface area contributed by atoms with Gasteiger partial charge in [-0.2, -0.15) is 0 Å². The Bertz CT molecular complexity index is 624. The highest BCUT2D eigenvalue weighted by Gasteiger charge is 2.20. The summed E-state index contributed by atoms with van der Waals surface area (Å²) in [6.07, 6.45) is 1.84. The lowest BCUT2D eigenvalue weighted by molar-refractivity contribution is 0.375. The minimum Gasteiger partial charge on any atom is -0.356 e. The molecule has 1 N–H and O–H groups in total. The van der Waals surface area contributed by atoms with Gasteiger partial charge in [-0.3, -0.25) is 0 Å². The second-order valence-corrected chi connectivity index (χ2v) is 6.13. The van der Waals surface area contributed by atoms with Gasteiger partial charge in [-0.15, -0.1) is 0 Å². The van der Waals surface area contributed by atoms with Gasteiger partial charge < -0.3 is 15.1 Å². The molecule has 3 rings (SSSR count). The lowest BCUT2D eigenvalue weighted by atomic mass is 10.1. The molecule has 0 aliphatic carbocycles. The van der Waals surface area contributed by atoms with Crippen LogP contribution in [0.1, 0.15) is 18.5 Å². The normalized spacial score (nSPS) is 16.0. The zero-order chi connectivity index (χ0) is 16.1. The fraction of sp³-hybridized carbons (Fsp3) is 0.333. The maximum absolute atomic E-state index is 5.59. The molecular weight excluding hydrogens is 304 g/mol. The van der Waals surface area contributed by atoms with E-state index in [0.29, 0.717) is 0 Å². The van der Waals surface area contributed by atoms with Gasteiger partial charge in [0.25, 0.3) is 0 Å². The quantitative estimate of drug-likeness (QED) is 0.877. The third kappa shape index (κ3) is 3.99. The molecule has 1 fully saturated rings. The van der Waals surface area contributed by atoms with E-state index in [1.807, 2.05) is 24.4 Å². The molecule has 0 radical (unpaired) electrons. The molecule has 1 saturated heterocycles. The number of aromatic nitrogens is 1. The Morgan fingerprint density at radius 2 is 1.74 bits per heavy atom. The summed E-state index contributed by atoms with van der Waals surface area (Å²) in [5.41, 5.74) is 1.25. The van der Waals surface area contributed by atoms with Crippen LogP contribution in [0.15, 0.2) is 54.7 Å². The van der Waals surface area contributed by atoms with Crippen molar-refractivity contribution in [1.29, 1.82) is 0 Å². The van der Waals surface area contributed by atoms with Crippen molar-refractivity contribution >= 4 is 23.1 Å². The molecule has 0 saturated carbocycles. The summed E-state index contributed by atoms with van der Waals surface area (Å²) in [6, 6.07) is 16.7. The number of pyridine rings is 1. The number of benzene rings is 1. The Balaban J connectivity index is 1.52. The molecule has 1 unspecified atom stereocenters. The van der Waals surface area contributed by atoms with Crippen LogP contribution in [0.25, 0.3) is 0 Å². The number of hydrogen-bond acceptors (Lipinski definition) is 3. The number of nitrogens with one attached hydrogen (secondary N) is 1. The molecule has 0 amide bonds. The topological polar surface area (TPSA) is 31.4 Å². The van der Waals surface area contributed by atoms with Gasteiger partial charge >= 0.3 is 0 Å². The number of hydrogen-bond donors (Lipinski definition) is 1. The molecule has 0 spiro atoms. The third-order valence-electron chi connectivity index (χ3n) is 4.18. The predicted molar refractivity (Wildman–Crippen MR) is 98.6 cm³/mol. The van der Waals surface area contributed by atoms with E-state index in [1.165, 1.54) is 5.56 Å². The van der Waals surface area contributed by atoms with E-state index in [1.54, 1.807) is 0 Å². The third-order valence-corrected chi connectivity index (χ3v) is 4.56. The highest BCUT2D eigenvalue weighted by atomic mass is 32.1. The summed E-state index contributed by atoms with van der Waals surface area (Å²) in [5.74, 6) is 1.05. The summed E-state index contributed by atoms with van der Waals surface area (Å²) in [4.78, 5) is 8.97. The molecule has 1 atom stereocenters. The summed E-state index contributed by atoms with van der Waals surface area (Å²) >= 11 is 5.59. The van der Waals surface area contributed by atoms with Crippen LogP contribution in [0.2, 0.25) is 0 Å². The number of nitrogens with zero attached hydrogens (tertiary/aromatic N) is 3. The van der Waals surface area contributed by atoms with Gasteiger partial charge in [0.1, 0.15) is 5.82 Å². The Morgan fingerprint density at radius 3 is 2.39 bits per heavy atom. The zero-order valence-electron chi connectivity index (χ0n) is 13.4.